The molecule has 6 nitrogen and oxygen atoms in total. The van der Waals surface area contributed by atoms with Gasteiger partial charge < -0.3 is 10.2 Å². The predicted molar refractivity (Wildman–Crippen MR) is 108 cm³/mol. The Morgan fingerprint density at radius 2 is 1.66 bits per heavy atom. The molecule has 0 radical (unpaired) electrons. The van der Waals surface area contributed by atoms with Crippen LogP contribution in [0.15, 0.2) is 53.7 Å². The minimum Gasteiger partial charge on any atom is -0.331 e. The summed E-state index contributed by atoms with van der Waals surface area (Å²) in [6, 6.07) is 11.7. The number of aromatic nitrogens is 3. The Kier molecular flexibility index (Phi) is 6.60. The number of hydrogen-bond donors (Lipinski definition) is 2. The number of carbonyl (C=O) groups excluding carboxylic acids is 1. The number of nitrogens with one attached hydrogen (secondary N) is 2. The molecular weight excluding hydrogens is 396 g/mol. The Bertz CT molecular complexity index is 974. The Labute approximate surface area is 171 Å². The van der Waals surface area contributed by atoms with Gasteiger partial charge in [-0.05, 0) is 55.5 Å². The number of carbonyl (C=O) groups is 1. The molecule has 3 aromatic rings. The van der Waals surface area contributed by atoms with Crippen molar-refractivity contribution in [2.24, 2.45) is 0 Å². The number of halogens is 2. The summed E-state index contributed by atoms with van der Waals surface area (Å²) in [7, 11) is 4.02. The smallest absolute Gasteiger partial charge is 0.234 e. The average molecular weight is 418 g/mol. The first kappa shape index (κ1) is 20.9. The third kappa shape index (κ3) is 5.18. The maximum Gasteiger partial charge on any atom is 0.234 e. The van der Waals surface area contributed by atoms with Crippen LogP contribution in [0.2, 0.25) is 0 Å². The molecule has 0 unspecified atom stereocenters. The summed E-state index contributed by atoms with van der Waals surface area (Å²) in [5.41, 5.74) is 1.24. The molecule has 3 rings (SSSR count). The number of nitrogens with zero attached hydrogens (tertiary/aromatic N) is 3. The third-order valence-electron chi connectivity index (χ3n) is 4.46. The van der Waals surface area contributed by atoms with E-state index in [0.29, 0.717) is 10.8 Å². The zero-order chi connectivity index (χ0) is 21.0. The lowest BCUT2D eigenvalue weighted by atomic mass is 10.2. The van der Waals surface area contributed by atoms with Crippen LogP contribution >= 0.6 is 11.8 Å². The maximum atomic E-state index is 13.4. The summed E-state index contributed by atoms with van der Waals surface area (Å²) >= 11 is 1.23. The molecule has 0 saturated heterocycles. The van der Waals surface area contributed by atoms with Gasteiger partial charge in [0, 0.05) is 11.4 Å². The minimum absolute atomic E-state index is 0.0370. The summed E-state index contributed by atoms with van der Waals surface area (Å²) < 4.78 is 28.2. The molecule has 2 N–H and O–H groups in total. The largest absolute Gasteiger partial charge is 0.331 e. The van der Waals surface area contributed by atoms with Crippen LogP contribution in [0.4, 0.5) is 14.5 Å². The Morgan fingerprint density at radius 1 is 1.07 bits per heavy atom. The molecule has 0 aliphatic rings. The number of amides is 1. The van der Waals surface area contributed by atoms with E-state index < -0.39 is 0 Å². The summed E-state index contributed by atoms with van der Waals surface area (Å²) in [4.78, 5) is 13.4. The molecule has 0 saturated carbocycles. The van der Waals surface area contributed by atoms with Gasteiger partial charge in [0.2, 0.25) is 5.91 Å². The number of quaternary nitrogens is 1. The Hall–Kier alpha value is -2.78. The molecule has 1 aromatic heterocycles. The van der Waals surface area contributed by atoms with Crippen LogP contribution in [0.5, 0.6) is 0 Å². The van der Waals surface area contributed by atoms with Gasteiger partial charge in [-0.15, -0.1) is 10.2 Å². The SMILES string of the molecule is C[C@H](c1nnc(SCC(=O)Nc2ccc(F)cc2)n1-c1ccc(F)cc1)[NH+](C)C. The van der Waals surface area contributed by atoms with Gasteiger partial charge in [-0.25, -0.2) is 8.78 Å². The molecule has 2 aromatic carbocycles. The molecule has 0 aliphatic carbocycles. The van der Waals surface area contributed by atoms with Gasteiger partial charge in [-0.3, -0.25) is 9.36 Å². The molecule has 1 amide bonds. The highest BCUT2D eigenvalue weighted by molar-refractivity contribution is 7.99. The van der Waals surface area contributed by atoms with E-state index in [1.165, 1.54) is 48.2 Å². The van der Waals surface area contributed by atoms with Crippen LogP contribution in [0.1, 0.15) is 18.8 Å². The van der Waals surface area contributed by atoms with Crippen LogP contribution < -0.4 is 10.2 Å². The van der Waals surface area contributed by atoms with Gasteiger partial charge in [0.15, 0.2) is 11.0 Å². The third-order valence-corrected chi connectivity index (χ3v) is 5.39. The Morgan fingerprint density at radius 3 is 2.24 bits per heavy atom. The van der Waals surface area contributed by atoms with E-state index in [1.54, 1.807) is 12.1 Å². The van der Waals surface area contributed by atoms with Crippen molar-refractivity contribution in [2.75, 3.05) is 25.2 Å². The second-order valence-corrected chi connectivity index (χ2v) is 7.74. The molecule has 9 heteroatoms. The van der Waals surface area contributed by atoms with Gasteiger partial charge in [-0.1, -0.05) is 11.8 Å². The normalized spacial score (nSPS) is 12.2. The second kappa shape index (κ2) is 9.15. The summed E-state index contributed by atoms with van der Waals surface area (Å²) in [6.07, 6.45) is 0. The average Bonchev–Trinajstić information content (AvgIpc) is 3.12. The predicted octanol–water partition coefficient (Wildman–Crippen LogP) is 2.48. The highest BCUT2D eigenvalue weighted by Crippen LogP contribution is 2.24. The highest BCUT2D eigenvalue weighted by Gasteiger charge is 2.23. The van der Waals surface area contributed by atoms with E-state index in [-0.39, 0.29) is 29.3 Å². The first-order valence-electron chi connectivity index (χ1n) is 9.04. The van der Waals surface area contributed by atoms with Crippen molar-refractivity contribution < 1.29 is 18.5 Å². The number of hydrogen-bond acceptors (Lipinski definition) is 4. The summed E-state index contributed by atoms with van der Waals surface area (Å²) in [6.45, 7) is 2.02. The summed E-state index contributed by atoms with van der Waals surface area (Å²) in [5.74, 6) is -0.127. The molecule has 1 atom stereocenters. The van der Waals surface area contributed by atoms with E-state index in [4.69, 9.17) is 0 Å². The fourth-order valence-electron chi connectivity index (χ4n) is 2.61. The van der Waals surface area contributed by atoms with E-state index in [0.717, 1.165) is 16.4 Å². The lowest BCUT2D eigenvalue weighted by Crippen LogP contribution is -3.05. The van der Waals surface area contributed by atoms with Crippen molar-refractivity contribution in [3.8, 4) is 5.69 Å². The molecule has 152 valence electrons. The highest BCUT2D eigenvalue weighted by atomic mass is 32.2. The molecule has 0 aliphatic heterocycles. The fourth-order valence-corrected chi connectivity index (χ4v) is 3.37. The summed E-state index contributed by atoms with van der Waals surface area (Å²) in [5, 5.41) is 11.8. The van der Waals surface area contributed by atoms with Crippen LogP contribution in [0.25, 0.3) is 5.69 Å². The van der Waals surface area contributed by atoms with Crippen LogP contribution in [0, 0.1) is 11.6 Å². The van der Waals surface area contributed by atoms with Gasteiger partial charge in [0.25, 0.3) is 0 Å². The van der Waals surface area contributed by atoms with Gasteiger partial charge in [-0.2, -0.15) is 0 Å². The molecule has 0 bridgehead atoms. The first-order chi connectivity index (χ1) is 13.8. The lowest BCUT2D eigenvalue weighted by Gasteiger charge is -2.18. The van der Waals surface area contributed by atoms with Crippen LogP contribution in [-0.4, -0.2) is 40.5 Å². The lowest BCUT2D eigenvalue weighted by molar-refractivity contribution is -0.890. The molecule has 29 heavy (non-hydrogen) atoms. The topological polar surface area (TPSA) is 64.2 Å². The molecule has 0 spiro atoms. The van der Waals surface area contributed by atoms with Crippen molar-refractivity contribution in [2.45, 2.75) is 18.1 Å². The minimum atomic E-state index is -0.366. The quantitative estimate of drug-likeness (QED) is 0.579. The first-order valence-corrected chi connectivity index (χ1v) is 10.0. The second-order valence-electron chi connectivity index (χ2n) is 6.80. The fraction of sp³-hybridized carbons (Fsp3) is 0.250. The van der Waals surface area contributed by atoms with E-state index in [1.807, 2.05) is 25.6 Å². The zero-order valence-corrected chi connectivity index (χ0v) is 17.1. The van der Waals surface area contributed by atoms with Crippen molar-refractivity contribution >= 4 is 23.4 Å². The van der Waals surface area contributed by atoms with Crippen molar-refractivity contribution in [1.82, 2.24) is 14.8 Å². The van der Waals surface area contributed by atoms with Crippen molar-refractivity contribution in [1.29, 1.82) is 0 Å². The number of anilines is 1. The van der Waals surface area contributed by atoms with Gasteiger partial charge >= 0.3 is 0 Å². The molecule has 1 heterocycles. The van der Waals surface area contributed by atoms with E-state index in [2.05, 4.69) is 15.5 Å². The standard InChI is InChI=1S/C20H21F2N5OS/c1-13(26(2)3)19-24-25-20(27(19)17-10-6-15(22)7-11-17)29-12-18(28)23-16-8-4-14(21)5-9-16/h4-11,13H,12H2,1-3H3,(H,23,28)/p+1/t13-/m1/s1. The molecular formula is C20H22F2N5OS+. The van der Waals surface area contributed by atoms with Crippen molar-refractivity contribution in [3.63, 3.8) is 0 Å². The van der Waals surface area contributed by atoms with Crippen molar-refractivity contribution in [3.05, 3.63) is 66.0 Å². The van der Waals surface area contributed by atoms with E-state index >= 15 is 0 Å². The van der Waals surface area contributed by atoms with Crippen LogP contribution in [0.3, 0.4) is 0 Å². The van der Waals surface area contributed by atoms with Crippen LogP contribution in [-0.2, 0) is 4.79 Å². The number of rotatable bonds is 7. The number of thioether (sulfide) groups is 1. The van der Waals surface area contributed by atoms with E-state index in [9.17, 15) is 13.6 Å². The maximum absolute atomic E-state index is 13.4. The molecule has 0 fully saturated rings. The Balaban J connectivity index is 1.80. The zero-order valence-electron chi connectivity index (χ0n) is 16.3. The monoisotopic (exact) mass is 418 g/mol. The van der Waals surface area contributed by atoms with Gasteiger partial charge in [0.1, 0.15) is 17.7 Å². The van der Waals surface area contributed by atoms with Gasteiger partial charge in [0.05, 0.1) is 19.8 Å². The number of benzene rings is 2.